The van der Waals surface area contributed by atoms with Gasteiger partial charge in [-0.1, -0.05) is 0 Å². The van der Waals surface area contributed by atoms with Crippen LogP contribution in [0.15, 0.2) is 55.1 Å². The van der Waals surface area contributed by atoms with E-state index in [1.165, 1.54) is 12.1 Å². The van der Waals surface area contributed by atoms with E-state index in [1.807, 2.05) is 35.6 Å². The predicted octanol–water partition coefficient (Wildman–Crippen LogP) is 3.47. The first-order chi connectivity index (χ1) is 19.5. The largest absolute Gasteiger partial charge is 0.392 e. The monoisotopic (exact) mass is 547 g/mol. The van der Waals surface area contributed by atoms with Gasteiger partial charge in [-0.25, -0.2) is 18.3 Å². The Morgan fingerprint density at radius 3 is 2.75 bits per heavy atom. The van der Waals surface area contributed by atoms with Crippen LogP contribution in [0.5, 0.6) is 0 Å². The number of imidazole rings is 1. The first-order valence-electron chi connectivity index (χ1n) is 13.8. The average molecular weight is 548 g/mol. The summed E-state index contributed by atoms with van der Waals surface area (Å²) in [4.78, 5) is 23.4. The third kappa shape index (κ3) is 4.24. The summed E-state index contributed by atoms with van der Waals surface area (Å²) < 4.78 is 32.7. The highest BCUT2D eigenvalue weighted by atomic mass is 19.1. The molecule has 4 atom stereocenters. The van der Waals surface area contributed by atoms with E-state index in [-0.39, 0.29) is 24.2 Å². The van der Waals surface area contributed by atoms with Gasteiger partial charge in [0.25, 0.3) is 0 Å². The van der Waals surface area contributed by atoms with Crippen LogP contribution in [0.2, 0.25) is 0 Å². The number of rotatable bonds is 6. The molecule has 9 nitrogen and oxygen atoms in total. The van der Waals surface area contributed by atoms with Gasteiger partial charge < -0.3 is 19.5 Å². The van der Waals surface area contributed by atoms with Crippen LogP contribution in [-0.2, 0) is 11.3 Å². The quantitative estimate of drug-likeness (QED) is 0.373. The van der Waals surface area contributed by atoms with Crippen molar-refractivity contribution >= 4 is 17.6 Å². The molecule has 11 heteroatoms. The fourth-order valence-electron chi connectivity index (χ4n) is 6.80. The maximum atomic E-state index is 14.7. The van der Waals surface area contributed by atoms with Gasteiger partial charge in [-0.2, -0.15) is 5.10 Å². The molecule has 7 rings (SSSR count). The van der Waals surface area contributed by atoms with Gasteiger partial charge >= 0.3 is 0 Å². The third-order valence-electron chi connectivity index (χ3n) is 8.73. The number of nitrogens with zero attached hydrogens (tertiary/aromatic N) is 7. The van der Waals surface area contributed by atoms with Crippen molar-refractivity contribution in [3.8, 4) is 0 Å². The molecular weight excluding hydrogens is 516 g/mol. The number of β-amino-alcohol motifs (C(OH)–C–C–N with tert-alkyl or cyclic N) is 1. The number of carbonyl (C=O) groups excluding carboxylic acids is 1. The second-order valence-electron chi connectivity index (χ2n) is 11.1. The Morgan fingerprint density at radius 2 is 1.93 bits per heavy atom. The highest BCUT2D eigenvalue weighted by molar-refractivity contribution is 5.66. The SMILES string of the molecule is O=CN1C(c2cnn3ccc(N4CCC[C@@H]4c4cc(F)ccc4F)cc23)Cn2ccnc2C1CN1CC[C@H](O)C1. The third-order valence-corrected chi connectivity index (χ3v) is 8.73. The molecule has 2 unspecified atom stereocenters. The fraction of sp³-hybridized carbons (Fsp3) is 0.414. The molecule has 2 saturated heterocycles. The smallest absolute Gasteiger partial charge is 0.210 e. The van der Waals surface area contributed by atoms with Crippen molar-refractivity contribution in [3.05, 3.63) is 83.7 Å². The summed E-state index contributed by atoms with van der Waals surface area (Å²) in [6.07, 6.45) is 10.3. The molecule has 0 spiro atoms. The number of halogens is 2. The molecular formula is C29H31F2N7O2. The van der Waals surface area contributed by atoms with E-state index in [0.717, 1.165) is 67.4 Å². The van der Waals surface area contributed by atoms with Gasteiger partial charge in [-0.3, -0.25) is 9.69 Å². The molecule has 0 radical (unpaired) electrons. The number of pyridine rings is 1. The number of hydrogen-bond acceptors (Lipinski definition) is 6. The van der Waals surface area contributed by atoms with Crippen molar-refractivity contribution in [2.45, 2.75) is 50.0 Å². The number of carbonyl (C=O) groups is 1. The maximum Gasteiger partial charge on any atom is 0.210 e. The second-order valence-corrected chi connectivity index (χ2v) is 11.1. The van der Waals surface area contributed by atoms with E-state index >= 15 is 0 Å². The van der Waals surface area contributed by atoms with Crippen LogP contribution in [0.3, 0.4) is 0 Å². The molecule has 6 heterocycles. The zero-order valence-electron chi connectivity index (χ0n) is 22.0. The summed E-state index contributed by atoms with van der Waals surface area (Å²) in [5.74, 6) is -0.0141. The van der Waals surface area contributed by atoms with Crippen molar-refractivity contribution in [1.82, 2.24) is 29.0 Å². The van der Waals surface area contributed by atoms with Gasteiger partial charge in [0.05, 0.1) is 29.9 Å². The molecule has 2 fully saturated rings. The minimum absolute atomic E-state index is 0.264. The first kappa shape index (κ1) is 25.2. The Hall–Kier alpha value is -3.83. The number of benzene rings is 1. The number of likely N-dealkylation sites (tertiary alicyclic amines) is 1. The van der Waals surface area contributed by atoms with Gasteiger partial charge in [-0.15, -0.1) is 0 Å². The second kappa shape index (κ2) is 9.97. The zero-order valence-corrected chi connectivity index (χ0v) is 22.0. The van der Waals surface area contributed by atoms with Crippen molar-refractivity contribution in [2.24, 2.45) is 0 Å². The van der Waals surface area contributed by atoms with E-state index in [9.17, 15) is 18.7 Å². The minimum Gasteiger partial charge on any atom is -0.392 e. The van der Waals surface area contributed by atoms with Gasteiger partial charge in [0.15, 0.2) is 0 Å². The highest BCUT2D eigenvalue weighted by Crippen LogP contribution is 2.41. The molecule has 208 valence electrons. The Bertz CT molecular complexity index is 1550. The lowest BCUT2D eigenvalue weighted by atomic mass is 10.0. The van der Waals surface area contributed by atoms with E-state index in [1.54, 1.807) is 10.7 Å². The number of fused-ring (bicyclic) bond motifs is 2. The molecule has 0 aliphatic carbocycles. The summed E-state index contributed by atoms with van der Waals surface area (Å²) in [6.45, 7) is 3.21. The van der Waals surface area contributed by atoms with E-state index in [2.05, 4.69) is 24.4 Å². The first-order valence-corrected chi connectivity index (χ1v) is 13.8. The summed E-state index contributed by atoms with van der Waals surface area (Å²) >= 11 is 0. The van der Waals surface area contributed by atoms with Crippen LogP contribution in [-0.4, -0.2) is 72.8 Å². The van der Waals surface area contributed by atoms with Crippen LogP contribution >= 0.6 is 0 Å². The highest BCUT2D eigenvalue weighted by Gasteiger charge is 2.39. The van der Waals surface area contributed by atoms with Crippen LogP contribution in [0.4, 0.5) is 14.5 Å². The Kier molecular flexibility index (Phi) is 6.27. The predicted molar refractivity (Wildman–Crippen MR) is 144 cm³/mol. The van der Waals surface area contributed by atoms with Crippen molar-refractivity contribution in [1.29, 1.82) is 0 Å². The minimum atomic E-state index is -0.445. The molecule has 3 aliphatic heterocycles. The van der Waals surface area contributed by atoms with Gasteiger partial charge in [-0.05, 0) is 49.6 Å². The number of aliphatic hydroxyl groups is 1. The van der Waals surface area contributed by atoms with E-state index in [4.69, 9.17) is 0 Å². The van der Waals surface area contributed by atoms with Gasteiger partial charge in [0, 0.05) is 68.1 Å². The lowest BCUT2D eigenvalue weighted by molar-refractivity contribution is -0.125. The number of aromatic nitrogens is 4. The van der Waals surface area contributed by atoms with Gasteiger partial charge in [0.1, 0.15) is 23.5 Å². The molecule has 40 heavy (non-hydrogen) atoms. The lowest BCUT2D eigenvalue weighted by Crippen LogP contribution is -2.45. The van der Waals surface area contributed by atoms with Crippen molar-refractivity contribution in [2.75, 3.05) is 31.1 Å². The fourth-order valence-corrected chi connectivity index (χ4v) is 6.80. The van der Waals surface area contributed by atoms with Gasteiger partial charge in [0.2, 0.25) is 6.41 Å². The van der Waals surface area contributed by atoms with Crippen LogP contribution in [0.25, 0.3) is 5.52 Å². The Morgan fingerprint density at radius 1 is 1.02 bits per heavy atom. The van der Waals surface area contributed by atoms with Crippen LogP contribution < -0.4 is 4.90 Å². The lowest BCUT2D eigenvalue weighted by Gasteiger charge is -2.41. The number of hydrogen-bond donors (Lipinski definition) is 1. The van der Waals surface area contributed by atoms with Crippen LogP contribution in [0.1, 0.15) is 54.3 Å². The molecule has 3 aliphatic rings. The molecule has 1 N–H and O–H groups in total. The van der Waals surface area contributed by atoms with E-state index in [0.29, 0.717) is 25.2 Å². The normalized spacial score (nSPS) is 25.2. The summed E-state index contributed by atoms with van der Waals surface area (Å²) in [6, 6.07) is 6.82. The summed E-state index contributed by atoms with van der Waals surface area (Å²) in [5, 5.41) is 14.7. The molecule has 0 saturated carbocycles. The van der Waals surface area contributed by atoms with Crippen molar-refractivity contribution < 1.29 is 18.7 Å². The van der Waals surface area contributed by atoms with Crippen LogP contribution in [0, 0.1) is 11.6 Å². The van der Waals surface area contributed by atoms with Crippen molar-refractivity contribution in [3.63, 3.8) is 0 Å². The Labute approximate surface area is 230 Å². The molecule has 0 bridgehead atoms. The molecule has 1 amide bonds. The average Bonchev–Trinajstić information content (AvgIpc) is 3.76. The maximum absolute atomic E-state index is 14.7. The zero-order chi connectivity index (χ0) is 27.4. The molecule has 1 aromatic carbocycles. The molecule has 3 aromatic heterocycles. The topological polar surface area (TPSA) is 82.1 Å². The van der Waals surface area contributed by atoms with E-state index < -0.39 is 11.6 Å². The summed E-state index contributed by atoms with van der Waals surface area (Å²) in [5.41, 5.74) is 3.04. The molecule has 4 aromatic rings. The number of aliphatic hydroxyl groups excluding tert-OH is 1. The standard InChI is InChI=1S/C29H31F2N7O2/c30-19-3-4-24(31)22(12-19)25-2-1-8-36(25)20-5-10-38-26(13-20)23(14-33-38)27-17-35-11-7-32-29(35)28(37(27)18-39)16-34-9-6-21(40)15-34/h3-5,7,10-14,18,21,25,27-28,40H,1-2,6,8-9,15-17H2/t21-,25+,27?,28?/m0/s1. The number of anilines is 1. The Balaban J connectivity index is 1.24. The number of amides is 1. The summed E-state index contributed by atoms with van der Waals surface area (Å²) in [7, 11) is 0.